The Bertz CT molecular complexity index is 462. The molecule has 0 bridgehead atoms. The highest BCUT2D eigenvalue weighted by Gasteiger charge is 2.35. The smallest absolute Gasteiger partial charge is 0.130 e. The van der Waals surface area contributed by atoms with Crippen molar-refractivity contribution in [2.24, 2.45) is 12.8 Å². The number of hydrogen-bond acceptors (Lipinski definition) is 5. The van der Waals surface area contributed by atoms with Crippen molar-refractivity contribution < 1.29 is 9.47 Å². The van der Waals surface area contributed by atoms with Crippen molar-refractivity contribution in [2.45, 2.75) is 44.9 Å². The molecular formula is C15H28N4O2. The van der Waals surface area contributed by atoms with Gasteiger partial charge in [-0.1, -0.05) is 6.92 Å². The average molecular weight is 296 g/mol. The zero-order valence-corrected chi connectivity index (χ0v) is 13.8. The summed E-state index contributed by atoms with van der Waals surface area (Å²) < 4.78 is 13.0. The van der Waals surface area contributed by atoms with Gasteiger partial charge in [0.2, 0.25) is 0 Å². The first-order chi connectivity index (χ1) is 10.0. The Morgan fingerprint density at radius 2 is 1.86 bits per heavy atom. The van der Waals surface area contributed by atoms with Gasteiger partial charge in [-0.05, 0) is 19.8 Å². The maximum Gasteiger partial charge on any atom is 0.130 e. The van der Waals surface area contributed by atoms with Gasteiger partial charge in [-0.3, -0.25) is 4.68 Å². The normalized spacial score (nSPS) is 23.8. The van der Waals surface area contributed by atoms with Crippen molar-refractivity contribution in [1.29, 1.82) is 0 Å². The molecule has 0 amide bonds. The predicted octanol–water partition coefficient (Wildman–Crippen LogP) is 0.858. The van der Waals surface area contributed by atoms with E-state index in [9.17, 15) is 0 Å². The summed E-state index contributed by atoms with van der Waals surface area (Å²) in [4.78, 5) is 2.31. The topological polar surface area (TPSA) is 65.5 Å². The SMILES string of the molecule is CCC(N)Cc1c(C)nn(C)c1N1CC(OC)C(OC)C1. The van der Waals surface area contributed by atoms with Crippen LogP contribution in [0.1, 0.15) is 24.6 Å². The van der Waals surface area contributed by atoms with E-state index in [1.807, 2.05) is 11.7 Å². The van der Waals surface area contributed by atoms with Crippen molar-refractivity contribution in [3.05, 3.63) is 11.3 Å². The lowest BCUT2D eigenvalue weighted by atomic mass is 10.0. The molecular weight excluding hydrogens is 268 g/mol. The summed E-state index contributed by atoms with van der Waals surface area (Å²) in [7, 11) is 5.47. The minimum atomic E-state index is 0.0953. The monoisotopic (exact) mass is 296 g/mol. The molecule has 0 spiro atoms. The Morgan fingerprint density at radius 1 is 1.29 bits per heavy atom. The summed E-state index contributed by atoms with van der Waals surface area (Å²) >= 11 is 0. The Balaban J connectivity index is 2.27. The van der Waals surface area contributed by atoms with Gasteiger partial charge in [-0.2, -0.15) is 5.10 Å². The van der Waals surface area contributed by atoms with E-state index < -0.39 is 0 Å². The molecule has 2 N–H and O–H groups in total. The van der Waals surface area contributed by atoms with Gasteiger partial charge in [0.15, 0.2) is 0 Å². The molecule has 21 heavy (non-hydrogen) atoms. The average Bonchev–Trinajstić information content (AvgIpc) is 2.99. The summed E-state index contributed by atoms with van der Waals surface area (Å²) in [6.07, 6.45) is 2.02. The van der Waals surface area contributed by atoms with Crippen LogP contribution in [0.2, 0.25) is 0 Å². The first-order valence-electron chi connectivity index (χ1n) is 7.60. The number of rotatable bonds is 6. The molecule has 1 fully saturated rings. The standard InChI is InChI=1S/C15H28N4O2/c1-6-11(16)7-12-10(2)17-18(3)15(12)19-8-13(20-4)14(9-19)21-5/h11,13-14H,6-9,16H2,1-5H3. The second-order valence-electron chi connectivity index (χ2n) is 5.84. The minimum absolute atomic E-state index is 0.0953. The molecule has 3 unspecified atom stereocenters. The van der Waals surface area contributed by atoms with Crippen molar-refractivity contribution in [3.8, 4) is 0 Å². The zero-order chi connectivity index (χ0) is 15.6. The van der Waals surface area contributed by atoms with Gasteiger partial charge in [0.1, 0.15) is 18.0 Å². The molecule has 0 saturated carbocycles. The molecule has 1 aliphatic rings. The van der Waals surface area contributed by atoms with Crippen LogP contribution in [0.15, 0.2) is 0 Å². The Morgan fingerprint density at radius 3 is 2.33 bits per heavy atom. The van der Waals surface area contributed by atoms with Gasteiger partial charge in [-0.25, -0.2) is 0 Å². The first-order valence-corrected chi connectivity index (χ1v) is 7.60. The van der Waals surface area contributed by atoms with E-state index in [1.54, 1.807) is 14.2 Å². The van der Waals surface area contributed by atoms with Crippen LogP contribution in [-0.2, 0) is 22.9 Å². The third kappa shape index (κ3) is 3.22. The predicted molar refractivity (Wildman–Crippen MR) is 83.7 cm³/mol. The molecule has 2 rings (SSSR count). The number of ether oxygens (including phenoxy) is 2. The van der Waals surface area contributed by atoms with Crippen LogP contribution in [0, 0.1) is 6.92 Å². The fourth-order valence-corrected chi connectivity index (χ4v) is 3.10. The van der Waals surface area contributed by atoms with E-state index >= 15 is 0 Å². The van der Waals surface area contributed by atoms with Crippen molar-refractivity contribution in [3.63, 3.8) is 0 Å². The van der Waals surface area contributed by atoms with E-state index in [1.165, 1.54) is 5.56 Å². The molecule has 1 aliphatic heterocycles. The van der Waals surface area contributed by atoms with E-state index in [0.717, 1.165) is 37.4 Å². The third-order valence-electron chi connectivity index (χ3n) is 4.42. The van der Waals surface area contributed by atoms with Gasteiger partial charge in [0.05, 0.1) is 5.69 Å². The number of anilines is 1. The number of nitrogens with two attached hydrogens (primary N) is 1. The van der Waals surface area contributed by atoms with Crippen LogP contribution >= 0.6 is 0 Å². The van der Waals surface area contributed by atoms with Gasteiger partial charge in [0.25, 0.3) is 0 Å². The molecule has 1 aromatic rings. The molecule has 0 radical (unpaired) electrons. The second-order valence-corrected chi connectivity index (χ2v) is 5.84. The molecule has 0 aliphatic carbocycles. The summed E-state index contributed by atoms with van der Waals surface area (Å²) in [5.74, 6) is 1.15. The van der Waals surface area contributed by atoms with Crippen molar-refractivity contribution in [2.75, 3.05) is 32.2 Å². The van der Waals surface area contributed by atoms with E-state index in [-0.39, 0.29) is 18.2 Å². The van der Waals surface area contributed by atoms with Crippen molar-refractivity contribution >= 4 is 5.82 Å². The lowest BCUT2D eigenvalue weighted by Gasteiger charge is -2.21. The van der Waals surface area contributed by atoms with Crippen LogP contribution in [0.25, 0.3) is 0 Å². The number of nitrogens with zero attached hydrogens (tertiary/aromatic N) is 3. The number of hydrogen-bond donors (Lipinski definition) is 1. The molecule has 3 atom stereocenters. The molecule has 6 nitrogen and oxygen atoms in total. The molecule has 2 heterocycles. The van der Waals surface area contributed by atoms with Gasteiger partial charge < -0.3 is 20.1 Å². The summed E-state index contributed by atoms with van der Waals surface area (Å²) in [5, 5.41) is 4.58. The van der Waals surface area contributed by atoms with E-state index in [2.05, 4.69) is 23.8 Å². The van der Waals surface area contributed by atoms with Gasteiger partial charge in [0, 0.05) is 46.0 Å². The lowest BCUT2D eigenvalue weighted by molar-refractivity contribution is -0.00461. The lowest BCUT2D eigenvalue weighted by Crippen LogP contribution is -2.27. The highest BCUT2D eigenvalue weighted by atomic mass is 16.5. The Labute approximate surface area is 127 Å². The Kier molecular flexibility index (Phi) is 5.24. The summed E-state index contributed by atoms with van der Waals surface area (Å²) in [5.41, 5.74) is 8.46. The summed E-state index contributed by atoms with van der Waals surface area (Å²) in [6, 6.07) is 0.172. The van der Waals surface area contributed by atoms with Crippen LogP contribution in [0.4, 0.5) is 5.82 Å². The quantitative estimate of drug-likeness (QED) is 0.843. The van der Waals surface area contributed by atoms with E-state index in [0.29, 0.717) is 0 Å². The van der Waals surface area contributed by atoms with Crippen LogP contribution in [-0.4, -0.2) is 55.3 Å². The molecule has 120 valence electrons. The zero-order valence-electron chi connectivity index (χ0n) is 13.8. The maximum absolute atomic E-state index is 6.15. The van der Waals surface area contributed by atoms with Gasteiger partial charge >= 0.3 is 0 Å². The second kappa shape index (κ2) is 6.77. The Hall–Kier alpha value is -1.11. The fraction of sp³-hybridized carbons (Fsp3) is 0.800. The number of methoxy groups -OCH3 is 2. The van der Waals surface area contributed by atoms with E-state index in [4.69, 9.17) is 15.2 Å². The largest absolute Gasteiger partial charge is 0.377 e. The van der Waals surface area contributed by atoms with Crippen LogP contribution in [0.5, 0.6) is 0 Å². The fourth-order valence-electron chi connectivity index (χ4n) is 3.10. The maximum atomic E-state index is 6.15. The number of aromatic nitrogens is 2. The van der Waals surface area contributed by atoms with Crippen LogP contribution in [0.3, 0.4) is 0 Å². The highest BCUT2D eigenvalue weighted by molar-refractivity contribution is 5.52. The molecule has 1 aromatic heterocycles. The summed E-state index contributed by atoms with van der Waals surface area (Å²) in [6.45, 7) is 5.82. The van der Waals surface area contributed by atoms with Crippen molar-refractivity contribution in [1.82, 2.24) is 9.78 Å². The minimum Gasteiger partial charge on any atom is -0.377 e. The van der Waals surface area contributed by atoms with Gasteiger partial charge in [-0.15, -0.1) is 0 Å². The third-order valence-corrected chi connectivity index (χ3v) is 4.42. The number of aryl methyl sites for hydroxylation is 2. The highest BCUT2D eigenvalue weighted by Crippen LogP contribution is 2.29. The molecule has 0 aromatic carbocycles. The van der Waals surface area contributed by atoms with Crippen LogP contribution < -0.4 is 10.6 Å². The molecule has 6 heteroatoms. The first kappa shape index (κ1) is 16.3. The molecule has 1 saturated heterocycles.